The second-order valence-electron chi connectivity index (χ2n) is 5.97. The third kappa shape index (κ3) is 4.36. The molecule has 0 atom stereocenters. The molecule has 0 spiro atoms. The molecular formula is C20H16F3NO3. The molecule has 3 aromatic rings. The van der Waals surface area contributed by atoms with Crippen LogP contribution in [0.1, 0.15) is 34.3 Å². The number of hydrogen-bond acceptors (Lipinski definition) is 4. The zero-order valence-electron chi connectivity index (χ0n) is 14.6. The fraction of sp³-hybridized carbons (Fsp3) is 0.200. The van der Waals surface area contributed by atoms with Gasteiger partial charge in [-0.3, -0.25) is 4.79 Å². The van der Waals surface area contributed by atoms with E-state index < -0.39 is 11.7 Å². The predicted molar refractivity (Wildman–Crippen MR) is 92.5 cm³/mol. The Morgan fingerprint density at radius 2 is 1.85 bits per heavy atom. The molecule has 0 amide bonds. The minimum Gasteiger partial charge on any atom is -0.487 e. The van der Waals surface area contributed by atoms with Crippen molar-refractivity contribution >= 4 is 5.78 Å². The van der Waals surface area contributed by atoms with Gasteiger partial charge in [-0.05, 0) is 50.2 Å². The molecule has 0 N–H and O–H groups in total. The number of nitrogens with zero attached hydrogens (tertiary/aromatic N) is 1. The number of aromatic nitrogens is 1. The van der Waals surface area contributed by atoms with E-state index in [2.05, 4.69) is 4.98 Å². The van der Waals surface area contributed by atoms with Crippen LogP contribution < -0.4 is 4.74 Å². The first kappa shape index (κ1) is 18.7. The molecule has 140 valence electrons. The van der Waals surface area contributed by atoms with Gasteiger partial charge in [0.1, 0.15) is 23.8 Å². The normalized spacial score (nSPS) is 11.4. The number of Topliss-reactive ketones (excluding diaryl/α,β-unsaturated/α-hetero) is 1. The van der Waals surface area contributed by atoms with Crippen molar-refractivity contribution in [1.29, 1.82) is 0 Å². The number of halogens is 3. The summed E-state index contributed by atoms with van der Waals surface area (Å²) < 4.78 is 49.2. The van der Waals surface area contributed by atoms with Gasteiger partial charge in [-0.25, -0.2) is 4.98 Å². The van der Waals surface area contributed by atoms with E-state index in [9.17, 15) is 18.0 Å². The Morgan fingerprint density at radius 3 is 2.48 bits per heavy atom. The van der Waals surface area contributed by atoms with E-state index in [1.165, 1.54) is 19.1 Å². The summed E-state index contributed by atoms with van der Waals surface area (Å²) in [5, 5.41) is 0. The fourth-order valence-corrected chi connectivity index (χ4v) is 2.44. The molecule has 3 rings (SSSR count). The van der Waals surface area contributed by atoms with Crippen LogP contribution >= 0.6 is 0 Å². The van der Waals surface area contributed by atoms with E-state index in [0.29, 0.717) is 28.3 Å². The lowest BCUT2D eigenvalue weighted by Gasteiger charge is -2.06. The van der Waals surface area contributed by atoms with Crippen LogP contribution in [0.4, 0.5) is 13.2 Å². The van der Waals surface area contributed by atoms with Crippen LogP contribution in [0.3, 0.4) is 0 Å². The highest BCUT2D eigenvalue weighted by Crippen LogP contribution is 2.31. The third-order valence-electron chi connectivity index (χ3n) is 3.97. The van der Waals surface area contributed by atoms with Crippen LogP contribution in [0.25, 0.3) is 11.5 Å². The zero-order chi connectivity index (χ0) is 19.6. The predicted octanol–water partition coefficient (Wildman–Crippen LogP) is 5.45. The van der Waals surface area contributed by atoms with E-state index >= 15 is 0 Å². The summed E-state index contributed by atoms with van der Waals surface area (Å²) in [6.07, 6.45) is -4.39. The number of benzene rings is 2. The van der Waals surface area contributed by atoms with Crippen molar-refractivity contribution in [3.05, 3.63) is 71.1 Å². The lowest BCUT2D eigenvalue weighted by molar-refractivity contribution is -0.137. The maximum atomic E-state index is 12.7. The van der Waals surface area contributed by atoms with Gasteiger partial charge in [0.05, 0.1) is 5.56 Å². The van der Waals surface area contributed by atoms with Gasteiger partial charge in [-0.2, -0.15) is 13.2 Å². The molecule has 0 bridgehead atoms. The Morgan fingerprint density at radius 1 is 1.15 bits per heavy atom. The Hall–Kier alpha value is -3.09. The monoisotopic (exact) mass is 375 g/mol. The molecule has 2 aromatic carbocycles. The maximum Gasteiger partial charge on any atom is 0.416 e. The molecule has 0 aliphatic rings. The van der Waals surface area contributed by atoms with Crippen LogP contribution in [0.15, 0.2) is 52.9 Å². The van der Waals surface area contributed by atoms with Crippen LogP contribution in [0.5, 0.6) is 5.75 Å². The van der Waals surface area contributed by atoms with E-state index in [0.717, 1.165) is 12.1 Å². The van der Waals surface area contributed by atoms with E-state index in [-0.39, 0.29) is 18.3 Å². The van der Waals surface area contributed by atoms with E-state index in [1.807, 2.05) is 0 Å². The number of ether oxygens (including phenoxy) is 1. The van der Waals surface area contributed by atoms with Crippen molar-refractivity contribution < 1.29 is 27.1 Å². The van der Waals surface area contributed by atoms with Crippen LogP contribution in [0, 0.1) is 6.92 Å². The van der Waals surface area contributed by atoms with Gasteiger partial charge >= 0.3 is 6.18 Å². The first-order valence-corrected chi connectivity index (χ1v) is 8.12. The third-order valence-corrected chi connectivity index (χ3v) is 3.97. The zero-order valence-corrected chi connectivity index (χ0v) is 14.6. The summed E-state index contributed by atoms with van der Waals surface area (Å²) in [6.45, 7) is 3.28. The molecule has 0 aliphatic carbocycles. The average molecular weight is 375 g/mol. The topological polar surface area (TPSA) is 52.3 Å². The second-order valence-corrected chi connectivity index (χ2v) is 5.97. The SMILES string of the molecule is CC(=O)c1cccc(OCc2nc(-c3ccc(C(F)(F)F)cc3)oc2C)c1. The number of carbonyl (C=O) groups excluding carboxylic acids is 1. The number of aryl methyl sites for hydroxylation is 1. The molecule has 0 aliphatic heterocycles. The quantitative estimate of drug-likeness (QED) is 0.557. The van der Waals surface area contributed by atoms with Crippen molar-refractivity contribution in [2.24, 2.45) is 0 Å². The van der Waals surface area contributed by atoms with Gasteiger partial charge in [-0.15, -0.1) is 0 Å². The smallest absolute Gasteiger partial charge is 0.416 e. The minimum atomic E-state index is -4.39. The summed E-state index contributed by atoms with van der Waals surface area (Å²) in [7, 11) is 0. The molecule has 1 aromatic heterocycles. The molecular weight excluding hydrogens is 359 g/mol. The van der Waals surface area contributed by atoms with Crippen molar-refractivity contribution in [2.75, 3.05) is 0 Å². The van der Waals surface area contributed by atoms with Gasteiger partial charge in [0.25, 0.3) is 0 Å². The lowest BCUT2D eigenvalue weighted by atomic mass is 10.1. The Kier molecular flexibility index (Phi) is 5.03. The summed E-state index contributed by atoms with van der Waals surface area (Å²) in [4.78, 5) is 15.7. The highest BCUT2D eigenvalue weighted by Gasteiger charge is 2.30. The summed E-state index contributed by atoms with van der Waals surface area (Å²) in [5.41, 5.74) is 0.771. The van der Waals surface area contributed by atoms with Gasteiger partial charge in [0, 0.05) is 11.1 Å². The molecule has 0 fully saturated rings. The molecule has 0 unspecified atom stereocenters. The highest BCUT2D eigenvalue weighted by molar-refractivity contribution is 5.94. The van der Waals surface area contributed by atoms with E-state index in [4.69, 9.17) is 9.15 Å². The largest absolute Gasteiger partial charge is 0.487 e. The van der Waals surface area contributed by atoms with Crippen molar-refractivity contribution in [2.45, 2.75) is 26.6 Å². The molecule has 1 heterocycles. The lowest BCUT2D eigenvalue weighted by Crippen LogP contribution is -2.04. The summed E-state index contributed by atoms with van der Waals surface area (Å²) in [5.74, 6) is 1.17. The standard InChI is InChI=1S/C20H16F3NO3/c1-12(25)15-4-3-5-17(10-15)26-11-18-13(2)27-19(24-18)14-6-8-16(9-7-14)20(21,22)23/h3-10H,11H2,1-2H3. The van der Waals surface area contributed by atoms with Crippen molar-refractivity contribution in [3.63, 3.8) is 0 Å². The number of oxazole rings is 1. The van der Waals surface area contributed by atoms with Gasteiger partial charge in [0.2, 0.25) is 5.89 Å². The number of ketones is 1. The molecule has 0 saturated heterocycles. The van der Waals surface area contributed by atoms with Gasteiger partial charge < -0.3 is 9.15 Å². The highest BCUT2D eigenvalue weighted by atomic mass is 19.4. The number of rotatable bonds is 5. The molecule has 7 heteroatoms. The van der Waals surface area contributed by atoms with Crippen molar-refractivity contribution in [1.82, 2.24) is 4.98 Å². The number of hydrogen-bond donors (Lipinski definition) is 0. The second kappa shape index (κ2) is 7.26. The first-order chi connectivity index (χ1) is 12.7. The number of carbonyl (C=O) groups is 1. The number of alkyl halides is 3. The Balaban J connectivity index is 1.75. The molecule has 0 saturated carbocycles. The van der Waals surface area contributed by atoms with Gasteiger partial charge in [-0.1, -0.05) is 12.1 Å². The summed E-state index contributed by atoms with van der Waals surface area (Å²) >= 11 is 0. The average Bonchev–Trinajstić information content (AvgIpc) is 3.00. The molecule has 4 nitrogen and oxygen atoms in total. The minimum absolute atomic E-state index is 0.0670. The van der Waals surface area contributed by atoms with Gasteiger partial charge in [0.15, 0.2) is 5.78 Å². The fourth-order valence-electron chi connectivity index (χ4n) is 2.44. The van der Waals surface area contributed by atoms with Crippen LogP contribution in [0.2, 0.25) is 0 Å². The summed E-state index contributed by atoms with van der Waals surface area (Å²) in [6, 6.07) is 11.4. The molecule has 27 heavy (non-hydrogen) atoms. The molecule has 0 radical (unpaired) electrons. The van der Waals surface area contributed by atoms with Crippen LogP contribution in [-0.4, -0.2) is 10.8 Å². The first-order valence-electron chi connectivity index (χ1n) is 8.12. The van der Waals surface area contributed by atoms with Crippen molar-refractivity contribution in [3.8, 4) is 17.2 Å². The van der Waals surface area contributed by atoms with E-state index in [1.54, 1.807) is 31.2 Å². The maximum absolute atomic E-state index is 12.7. The Labute approximate surface area is 153 Å². The Bertz CT molecular complexity index is 959. The van der Waals surface area contributed by atoms with Crippen LogP contribution in [-0.2, 0) is 12.8 Å².